The molecule has 4 unspecified atom stereocenters. The zero-order chi connectivity index (χ0) is 42.5. The van der Waals surface area contributed by atoms with Gasteiger partial charge in [0, 0.05) is 43.6 Å². The number of esters is 1. The highest BCUT2D eigenvalue weighted by atomic mass is 32.7. The van der Waals surface area contributed by atoms with Crippen LogP contribution in [0, 0.1) is 0 Å². The number of benzene rings is 1. The first kappa shape index (κ1) is 43.9. The molecule has 0 aliphatic carbocycles. The van der Waals surface area contributed by atoms with Crippen LogP contribution >= 0.6 is 18.2 Å². The minimum absolute atomic E-state index is 0.0236. The number of amides is 1. The van der Waals surface area contributed by atoms with Crippen molar-refractivity contribution < 1.29 is 57.1 Å². The van der Waals surface area contributed by atoms with E-state index in [1.807, 2.05) is 0 Å². The number of anilines is 1. The van der Waals surface area contributed by atoms with Crippen LogP contribution in [0.15, 0.2) is 64.8 Å². The van der Waals surface area contributed by atoms with Gasteiger partial charge in [-0.3, -0.25) is 28.0 Å². The number of carbonyl (C=O) groups is 2. The van der Waals surface area contributed by atoms with Gasteiger partial charge in [0.15, 0.2) is 17.7 Å². The standard InChI is InChI=1S/C35H45N8O14PS/c1-35(2,3)56-34(49)40-20(12-19-8-6-5-7-9-19)32(47)52-18-59-58(50,57-27-22(14-44)55-31(28(27)51-4)42-11-10-24(46)41-33(42)48)53-15-23-21(45)13-25(54-23)43-17-39-26-29(36)37-16-38-30(26)43/h5-11,16-17,20-23,25,27-28,31,44-45H,12-15,18H2,1-4H3,(H,40,49)(H2,36,37,38)(H,41,46,48)/t20?,21?,22-,23-,25-,27?,28+,31-,58?/m1/s1. The Labute approximate surface area is 339 Å². The number of nitrogen functional groups attached to an aromatic ring is 1. The number of methoxy groups -OCH3 is 1. The third-order valence-electron chi connectivity index (χ3n) is 9.08. The number of H-pyrrole nitrogens is 1. The van der Waals surface area contributed by atoms with Crippen LogP contribution < -0.4 is 22.3 Å². The summed E-state index contributed by atoms with van der Waals surface area (Å²) >= 11 is 0.438. The minimum atomic E-state index is -4.56. The predicted octanol–water partition coefficient (Wildman–Crippen LogP) is 1.39. The van der Waals surface area contributed by atoms with Gasteiger partial charge in [0.1, 0.15) is 60.1 Å². The van der Waals surface area contributed by atoms with Gasteiger partial charge in [0.25, 0.3) is 5.56 Å². The molecule has 24 heteroatoms. The number of carbonyl (C=O) groups excluding carboxylic acids is 2. The summed E-state index contributed by atoms with van der Waals surface area (Å²) in [6.07, 6.45) is -5.08. The van der Waals surface area contributed by atoms with E-state index in [2.05, 4.69) is 25.3 Å². The summed E-state index contributed by atoms with van der Waals surface area (Å²) < 4.78 is 57.8. The molecule has 1 amide bonds. The number of hydrogen-bond donors (Lipinski definition) is 5. The van der Waals surface area contributed by atoms with Gasteiger partial charge in [-0.1, -0.05) is 30.3 Å². The van der Waals surface area contributed by atoms with Gasteiger partial charge in [-0.25, -0.2) is 33.9 Å². The van der Waals surface area contributed by atoms with E-state index < -0.39 is 104 Å². The summed E-state index contributed by atoms with van der Waals surface area (Å²) in [5.74, 6) is -1.40. The van der Waals surface area contributed by atoms with E-state index in [1.54, 1.807) is 55.7 Å². The molecule has 2 aliphatic rings. The number of nitrogens with one attached hydrogen (secondary N) is 2. The molecule has 320 valence electrons. The molecule has 0 radical (unpaired) electrons. The van der Waals surface area contributed by atoms with Gasteiger partial charge >= 0.3 is 24.5 Å². The lowest BCUT2D eigenvalue weighted by Gasteiger charge is -2.28. The van der Waals surface area contributed by atoms with Crippen molar-refractivity contribution in [3.63, 3.8) is 0 Å². The molecule has 59 heavy (non-hydrogen) atoms. The van der Waals surface area contributed by atoms with Gasteiger partial charge in [0.2, 0.25) is 0 Å². The number of fused-ring (bicyclic) bond motifs is 1. The molecule has 9 atom stereocenters. The van der Waals surface area contributed by atoms with E-state index in [4.69, 9.17) is 38.5 Å². The molecule has 0 spiro atoms. The zero-order valence-corrected chi connectivity index (χ0v) is 34.0. The first-order valence-corrected chi connectivity index (χ1v) is 21.4. The Morgan fingerprint density at radius 3 is 2.56 bits per heavy atom. The number of aromatic nitrogens is 6. The van der Waals surface area contributed by atoms with Crippen molar-refractivity contribution >= 4 is 47.2 Å². The van der Waals surface area contributed by atoms with Crippen LogP contribution in [0.1, 0.15) is 45.2 Å². The van der Waals surface area contributed by atoms with Crippen LogP contribution in [-0.2, 0) is 48.5 Å². The average Bonchev–Trinajstić information content (AvgIpc) is 3.88. The topological polar surface area (TPSA) is 293 Å². The summed E-state index contributed by atoms with van der Waals surface area (Å²) in [6.45, 7) is -0.781. The van der Waals surface area contributed by atoms with Gasteiger partial charge < -0.3 is 44.9 Å². The minimum Gasteiger partial charge on any atom is -0.452 e. The Balaban J connectivity index is 1.21. The molecule has 0 saturated carbocycles. The van der Waals surface area contributed by atoms with Crippen LogP contribution in [0.25, 0.3) is 11.2 Å². The van der Waals surface area contributed by atoms with E-state index in [0.717, 1.165) is 16.8 Å². The number of hydrogen-bond acceptors (Lipinski definition) is 19. The molecule has 22 nitrogen and oxygen atoms in total. The third kappa shape index (κ3) is 10.7. The molecule has 5 heterocycles. The third-order valence-corrected chi connectivity index (χ3v) is 12.4. The van der Waals surface area contributed by atoms with Crippen molar-refractivity contribution in [2.24, 2.45) is 0 Å². The van der Waals surface area contributed by atoms with Crippen molar-refractivity contribution in [1.82, 2.24) is 34.4 Å². The monoisotopic (exact) mass is 864 g/mol. The molecule has 6 rings (SSSR count). The first-order valence-electron chi connectivity index (χ1n) is 18.2. The number of rotatable bonds is 16. The number of aliphatic hydroxyl groups is 2. The number of imidazole rings is 1. The van der Waals surface area contributed by atoms with Gasteiger partial charge in [0.05, 0.1) is 25.6 Å². The molecular formula is C35H45N8O14PS. The average molecular weight is 865 g/mol. The molecule has 2 fully saturated rings. The van der Waals surface area contributed by atoms with E-state index in [1.165, 1.54) is 19.8 Å². The smallest absolute Gasteiger partial charge is 0.408 e. The quantitative estimate of drug-likeness (QED) is 0.0604. The lowest BCUT2D eigenvalue weighted by Crippen LogP contribution is -2.45. The predicted molar refractivity (Wildman–Crippen MR) is 208 cm³/mol. The molecule has 4 aromatic rings. The molecular weight excluding hydrogens is 819 g/mol. The van der Waals surface area contributed by atoms with Crippen LogP contribution in [0.2, 0.25) is 0 Å². The van der Waals surface area contributed by atoms with Gasteiger partial charge in [-0.2, -0.15) is 0 Å². The Hall–Kier alpha value is -4.71. The number of alkyl carbamates (subject to hydrolysis) is 1. The highest BCUT2D eigenvalue weighted by molar-refractivity contribution is 8.55. The van der Waals surface area contributed by atoms with Crippen LogP contribution in [0.3, 0.4) is 0 Å². The molecule has 3 aromatic heterocycles. The molecule has 0 bridgehead atoms. The highest BCUT2D eigenvalue weighted by Gasteiger charge is 2.51. The summed E-state index contributed by atoms with van der Waals surface area (Å²) in [7, 11) is 1.26. The fourth-order valence-electron chi connectivity index (χ4n) is 6.36. The number of ether oxygens (including phenoxy) is 5. The van der Waals surface area contributed by atoms with Gasteiger partial charge in [-0.15, -0.1) is 0 Å². The van der Waals surface area contributed by atoms with Crippen molar-refractivity contribution in [2.45, 2.75) is 88.2 Å². The van der Waals surface area contributed by atoms with E-state index >= 15 is 0 Å². The number of nitrogens with zero attached hydrogens (tertiary/aromatic N) is 5. The molecule has 2 saturated heterocycles. The van der Waals surface area contributed by atoms with Crippen LogP contribution in [0.4, 0.5) is 10.6 Å². The maximum Gasteiger partial charge on any atom is 0.408 e. The summed E-state index contributed by atoms with van der Waals surface area (Å²) in [6, 6.07) is 8.67. The summed E-state index contributed by atoms with van der Waals surface area (Å²) in [5.41, 5.74) is 4.92. The number of aliphatic hydroxyl groups excluding tert-OH is 2. The van der Waals surface area contributed by atoms with E-state index in [-0.39, 0.29) is 18.7 Å². The second-order valence-electron chi connectivity index (χ2n) is 14.4. The highest BCUT2D eigenvalue weighted by Crippen LogP contribution is 2.63. The summed E-state index contributed by atoms with van der Waals surface area (Å²) in [4.78, 5) is 65.2. The first-order chi connectivity index (χ1) is 28.1. The fraction of sp³-hybridized carbons (Fsp3) is 0.514. The maximum absolute atomic E-state index is 14.8. The van der Waals surface area contributed by atoms with Crippen molar-refractivity contribution in [2.75, 3.05) is 32.0 Å². The largest absolute Gasteiger partial charge is 0.452 e. The molecule has 6 N–H and O–H groups in total. The zero-order valence-electron chi connectivity index (χ0n) is 32.3. The van der Waals surface area contributed by atoms with Crippen LogP contribution in [-0.4, -0.2) is 120 Å². The second kappa shape index (κ2) is 18.7. The van der Waals surface area contributed by atoms with E-state index in [9.17, 15) is 34.0 Å². The molecule has 1 aromatic carbocycles. The number of nitrogens with two attached hydrogens (primary N) is 1. The van der Waals surface area contributed by atoms with Gasteiger partial charge in [-0.05, 0) is 26.3 Å². The Morgan fingerprint density at radius 2 is 1.86 bits per heavy atom. The molecule has 2 aliphatic heterocycles. The Morgan fingerprint density at radius 1 is 1.10 bits per heavy atom. The Kier molecular flexibility index (Phi) is 13.9. The van der Waals surface area contributed by atoms with Crippen LogP contribution in [0.5, 0.6) is 0 Å². The fourth-order valence-corrected chi connectivity index (χ4v) is 9.17. The van der Waals surface area contributed by atoms with E-state index in [0.29, 0.717) is 28.1 Å². The van der Waals surface area contributed by atoms with Crippen molar-refractivity contribution in [1.29, 1.82) is 0 Å². The maximum atomic E-state index is 14.8. The summed E-state index contributed by atoms with van der Waals surface area (Å²) in [5, 5.41) is 23.9. The number of aromatic amines is 1. The normalized spacial score (nSPS) is 24.7. The van der Waals surface area contributed by atoms with Crippen molar-refractivity contribution in [3.8, 4) is 0 Å². The Bertz CT molecular complexity index is 2250. The second-order valence-corrected chi connectivity index (χ2v) is 18.4. The lowest BCUT2D eigenvalue weighted by atomic mass is 10.1. The lowest BCUT2D eigenvalue weighted by molar-refractivity contribution is -0.143. The SMILES string of the molecule is CO[C@H]1C(OP(=O)(OC[C@H]2O[C@@H](n3cnc4c(N)ncnc43)CC2O)SCOC(=O)C(Cc2ccccc2)NC(=O)OC(C)(C)C)[C@@H](CO)O[C@H]1n1ccc(=O)[nH]c1=O. The van der Waals surface area contributed by atoms with Crippen molar-refractivity contribution in [3.05, 3.63) is 81.7 Å².